The molecule has 0 aromatic heterocycles. The normalized spacial score (nSPS) is 34.6. The minimum atomic E-state index is 0.732. The van der Waals surface area contributed by atoms with Crippen LogP contribution in [0.3, 0.4) is 0 Å². The fraction of sp³-hybridized carbons (Fsp3) is 0.647. The summed E-state index contributed by atoms with van der Waals surface area (Å²) in [6.07, 6.45) is 12.9. The van der Waals surface area contributed by atoms with E-state index >= 15 is 0 Å². The van der Waals surface area contributed by atoms with Crippen LogP contribution in [0.4, 0.5) is 0 Å². The second-order valence-corrected chi connectivity index (χ2v) is 6.50. The van der Waals surface area contributed by atoms with Crippen LogP contribution in [-0.4, -0.2) is 0 Å². The average Bonchev–Trinajstić information content (AvgIpc) is 2.83. The number of hydrogen-bond acceptors (Lipinski definition) is 0. The van der Waals surface area contributed by atoms with E-state index in [1.807, 2.05) is 0 Å². The molecule has 0 aliphatic heterocycles. The predicted molar refractivity (Wildman–Crippen MR) is 73.7 cm³/mol. The molecule has 3 atom stereocenters. The maximum atomic E-state index is 2.62. The van der Waals surface area contributed by atoms with Crippen LogP contribution in [0.5, 0.6) is 0 Å². The zero-order valence-electron chi connectivity index (χ0n) is 11.4. The summed E-state index contributed by atoms with van der Waals surface area (Å²) < 4.78 is 0. The quantitative estimate of drug-likeness (QED) is 0.603. The van der Waals surface area contributed by atoms with Crippen molar-refractivity contribution in [3.8, 4) is 0 Å². The molecule has 0 heterocycles. The van der Waals surface area contributed by atoms with E-state index in [9.17, 15) is 0 Å². The van der Waals surface area contributed by atoms with Gasteiger partial charge < -0.3 is 0 Å². The topological polar surface area (TPSA) is 0 Å². The predicted octanol–water partition coefficient (Wildman–Crippen LogP) is 4.89. The standard InChI is InChI=1S/C17H24/c1-11(2)4-6-14-10-15-9-8-13-7-5-12(3)16(14)17(13)15/h5,7,10-12,15-16H,4,6,8-9H2,1-3H3. The second kappa shape index (κ2) is 4.15. The number of hydrogen-bond donors (Lipinski definition) is 0. The van der Waals surface area contributed by atoms with Crippen molar-refractivity contribution >= 4 is 0 Å². The summed E-state index contributed by atoms with van der Waals surface area (Å²) in [6.45, 7) is 7.07. The molecule has 17 heavy (non-hydrogen) atoms. The molecular formula is C17H24. The first-order chi connectivity index (χ1) is 8.16. The molecule has 3 unspecified atom stereocenters. The molecule has 0 nitrogen and oxygen atoms in total. The highest BCUT2D eigenvalue weighted by Crippen LogP contribution is 2.52. The Hall–Kier alpha value is -0.780. The summed E-state index contributed by atoms with van der Waals surface area (Å²) >= 11 is 0. The lowest BCUT2D eigenvalue weighted by Crippen LogP contribution is -2.16. The van der Waals surface area contributed by atoms with Crippen molar-refractivity contribution < 1.29 is 0 Å². The summed E-state index contributed by atoms with van der Waals surface area (Å²) in [5.41, 5.74) is 5.24. The lowest BCUT2D eigenvalue weighted by Gasteiger charge is -2.27. The molecule has 0 radical (unpaired) electrons. The van der Waals surface area contributed by atoms with E-state index in [4.69, 9.17) is 0 Å². The smallest absolute Gasteiger partial charge is 0.00792 e. The minimum absolute atomic E-state index is 0.732. The Bertz CT molecular complexity index is 406. The molecule has 92 valence electrons. The molecule has 0 spiro atoms. The minimum Gasteiger partial charge on any atom is -0.0805 e. The highest BCUT2D eigenvalue weighted by atomic mass is 14.4. The van der Waals surface area contributed by atoms with Crippen LogP contribution in [-0.2, 0) is 0 Å². The van der Waals surface area contributed by atoms with E-state index in [2.05, 4.69) is 39.0 Å². The van der Waals surface area contributed by atoms with Gasteiger partial charge in [-0.05, 0) is 49.0 Å². The lowest BCUT2D eigenvalue weighted by molar-refractivity contribution is 0.501. The highest BCUT2D eigenvalue weighted by Gasteiger charge is 2.39. The first-order valence-electron chi connectivity index (χ1n) is 7.28. The molecule has 0 saturated carbocycles. The van der Waals surface area contributed by atoms with Gasteiger partial charge in [-0.15, -0.1) is 0 Å². The monoisotopic (exact) mass is 228 g/mol. The van der Waals surface area contributed by atoms with Crippen LogP contribution >= 0.6 is 0 Å². The summed E-state index contributed by atoms with van der Waals surface area (Å²) in [4.78, 5) is 0. The van der Waals surface area contributed by atoms with Crippen molar-refractivity contribution in [2.24, 2.45) is 23.7 Å². The van der Waals surface area contributed by atoms with Crippen molar-refractivity contribution in [3.63, 3.8) is 0 Å². The van der Waals surface area contributed by atoms with E-state index in [1.165, 1.54) is 25.7 Å². The molecule has 0 fully saturated rings. The number of rotatable bonds is 3. The molecule has 0 bridgehead atoms. The van der Waals surface area contributed by atoms with Crippen LogP contribution in [0.25, 0.3) is 0 Å². The van der Waals surface area contributed by atoms with Gasteiger partial charge in [0, 0.05) is 5.92 Å². The largest absolute Gasteiger partial charge is 0.0805 e. The van der Waals surface area contributed by atoms with E-state index in [1.54, 1.807) is 16.7 Å². The fourth-order valence-corrected chi connectivity index (χ4v) is 3.89. The Morgan fingerprint density at radius 2 is 2.18 bits per heavy atom. The van der Waals surface area contributed by atoms with Crippen molar-refractivity contribution in [2.45, 2.75) is 46.5 Å². The van der Waals surface area contributed by atoms with Crippen LogP contribution in [0.1, 0.15) is 46.5 Å². The van der Waals surface area contributed by atoms with Crippen molar-refractivity contribution in [1.29, 1.82) is 0 Å². The van der Waals surface area contributed by atoms with Crippen LogP contribution in [0, 0.1) is 23.7 Å². The molecule has 0 saturated heterocycles. The fourth-order valence-electron chi connectivity index (χ4n) is 3.89. The molecule has 3 rings (SSSR count). The number of allylic oxidation sites excluding steroid dienone is 6. The molecule has 0 heteroatoms. The van der Waals surface area contributed by atoms with E-state index in [0.717, 1.165) is 23.7 Å². The zero-order valence-corrected chi connectivity index (χ0v) is 11.4. The van der Waals surface area contributed by atoms with E-state index in [0.29, 0.717) is 0 Å². The maximum Gasteiger partial charge on any atom is 0.00792 e. The maximum absolute atomic E-state index is 2.62. The first kappa shape index (κ1) is 11.3. The highest BCUT2D eigenvalue weighted by molar-refractivity contribution is 5.48. The second-order valence-electron chi connectivity index (χ2n) is 6.50. The van der Waals surface area contributed by atoms with Crippen LogP contribution in [0.15, 0.2) is 34.9 Å². The Balaban J connectivity index is 1.84. The van der Waals surface area contributed by atoms with Gasteiger partial charge in [0.1, 0.15) is 0 Å². The Morgan fingerprint density at radius 3 is 2.94 bits per heavy atom. The SMILES string of the molecule is CC(C)CCC1=CC2CCC3=C2C1C(C)C=C3. The molecular weight excluding hydrogens is 204 g/mol. The van der Waals surface area contributed by atoms with Gasteiger partial charge in [0.2, 0.25) is 0 Å². The molecule has 3 aliphatic rings. The summed E-state index contributed by atoms with van der Waals surface area (Å²) in [5, 5.41) is 0. The van der Waals surface area contributed by atoms with Gasteiger partial charge >= 0.3 is 0 Å². The third kappa shape index (κ3) is 1.82. The van der Waals surface area contributed by atoms with Gasteiger partial charge in [-0.25, -0.2) is 0 Å². The third-order valence-electron chi connectivity index (χ3n) is 4.78. The molecule has 0 aromatic rings. The Morgan fingerprint density at radius 1 is 1.35 bits per heavy atom. The average molecular weight is 228 g/mol. The molecule has 0 N–H and O–H groups in total. The summed E-state index contributed by atoms with van der Waals surface area (Å²) in [6, 6.07) is 0. The van der Waals surface area contributed by atoms with Crippen molar-refractivity contribution in [3.05, 3.63) is 34.9 Å². The molecule has 0 amide bonds. The van der Waals surface area contributed by atoms with Crippen LogP contribution < -0.4 is 0 Å². The van der Waals surface area contributed by atoms with Crippen LogP contribution in [0.2, 0.25) is 0 Å². The van der Waals surface area contributed by atoms with Crippen molar-refractivity contribution in [2.75, 3.05) is 0 Å². The van der Waals surface area contributed by atoms with Gasteiger partial charge in [0.15, 0.2) is 0 Å². The van der Waals surface area contributed by atoms with Gasteiger partial charge in [-0.2, -0.15) is 0 Å². The summed E-state index contributed by atoms with van der Waals surface area (Å²) in [7, 11) is 0. The van der Waals surface area contributed by atoms with Gasteiger partial charge in [-0.3, -0.25) is 0 Å². The molecule has 0 aromatic carbocycles. The van der Waals surface area contributed by atoms with E-state index in [-0.39, 0.29) is 0 Å². The molecule has 3 aliphatic carbocycles. The van der Waals surface area contributed by atoms with Gasteiger partial charge in [0.05, 0.1) is 0 Å². The van der Waals surface area contributed by atoms with Gasteiger partial charge in [-0.1, -0.05) is 50.1 Å². The first-order valence-corrected chi connectivity index (χ1v) is 7.28. The van der Waals surface area contributed by atoms with Gasteiger partial charge in [0.25, 0.3) is 0 Å². The Labute approximate surface area is 105 Å². The lowest BCUT2D eigenvalue weighted by atomic mass is 9.78. The zero-order chi connectivity index (χ0) is 12.0. The third-order valence-corrected chi connectivity index (χ3v) is 4.78. The van der Waals surface area contributed by atoms with Crippen molar-refractivity contribution in [1.82, 2.24) is 0 Å². The Kier molecular flexibility index (Phi) is 2.77. The van der Waals surface area contributed by atoms with E-state index < -0.39 is 0 Å². The summed E-state index contributed by atoms with van der Waals surface area (Å²) in [5.74, 6) is 3.15.